The first kappa shape index (κ1) is 19.4. The van der Waals surface area contributed by atoms with Crippen LogP contribution < -0.4 is 25.0 Å². The standard InChI is InChI=1S/C22H27N3O4/c1-16(23-18-5-8-20-21(15-18)29-12-2-11-28-20)22(26)24-17-3-6-19(7-4-17)25-9-13-27-14-10-25/h3-8,15-16,23H,2,9-14H2,1H3,(H,24,26)/t16-/m1/s1. The van der Waals surface area contributed by atoms with Crippen molar-refractivity contribution in [1.82, 2.24) is 0 Å². The summed E-state index contributed by atoms with van der Waals surface area (Å²) in [5.74, 6) is 1.35. The van der Waals surface area contributed by atoms with Crippen LogP contribution in [0.4, 0.5) is 17.1 Å². The van der Waals surface area contributed by atoms with E-state index in [1.165, 1.54) is 0 Å². The molecule has 154 valence electrons. The number of nitrogens with one attached hydrogen (secondary N) is 2. The maximum atomic E-state index is 12.6. The summed E-state index contributed by atoms with van der Waals surface area (Å²) in [5.41, 5.74) is 2.74. The van der Waals surface area contributed by atoms with Crippen molar-refractivity contribution in [3.8, 4) is 11.5 Å². The van der Waals surface area contributed by atoms with Crippen molar-refractivity contribution in [3.05, 3.63) is 42.5 Å². The van der Waals surface area contributed by atoms with E-state index in [0.29, 0.717) is 19.0 Å². The van der Waals surface area contributed by atoms with Crippen LogP contribution in [0.25, 0.3) is 0 Å². The van der Waals surface area contributed by atoms with Gasteiger partial charge in [0, 0.05) is 42.6 Å². The van der Waals surface area contributed by atoms with E-state index in [-0.39, 0.29) is 5.91 Å². The van der Waals surface area contributed by atoms with Gasteiger partial charge >= 0.3 is 0 Å². The van der Waals surface area contributed by atoms with Crippen LogP contribution in [-0.4, -0.2) is 51.5 Å². The zero-order valence-electron chi connectivity index (χ0n) is 16.6. The fourth-order valence-electron chi connectivity index (χ4n) is 3.40. The van der Waals surface area contributed by atoms with Crippen molar-refractivity contribution < 1.29 is 19.0 Å². The predicted octanol–water partition coefficient (Wildman–Crippen LogP) is 3.12. The molecule has 0 spiro atoms. The molecule has 7 nitrogen and oxygen atoms in total. The number of carbonyl (C=O) groups excluding carboxylic acids is 1. The van der Waals surface area contributed by atoms with E-state index in [9.17, 15) is 4.79 Å². The lowest BCUT2D eigenvalue weighted by atomic mass is 10.2. The molecule has 0 radical (unpaired) electrons. The third-order valence-corrected chi connectivity index (χ3v) is 5.04. The summed E-state index contributed by atoms with van der Waals surface area (Å²) >= 11 is 0. The van der Waals surface area contributed by atoms with Gasteiger partial charge < -0.3 is 29.7 Å². The maximum Gasteiger partial charge on any atom is 0.246 e. The lowest BCUT2D eigenvalue weighted by molar-refractivity contribution is -0.116. The van der Waals surface area contributed by atoms with E-state index >= 15 is 0 Å². The Morgan fingerprint density at radius 1 is 0.931 bits per heavy atom. The molecule has 0 aliphatic carbocycles. The Labute approximate surface area is 170 Å². The summed E-state index contributed by atoms with van der Waals surface area (Å²) in [7, 11) is 0. The van der Waals surface area contributed by atoms with Gasteiger partial charge in [0.25, 0.3) is 0 Å². The Morgan fingerprint density at radius 3 is 2.38 bits per heavy atom. The van der Waals surface area contributed by atoms with Crippen LogP contribution in [0.2, 0.25) is 0 Å². The minimum atomic E-state index is -0.404. The Kier molecular flexibility index (Phi) is 6.05. The average molecular weight is 397 g/mol. The minimum Gasteiger partial charge on any atom is -0.490 e. The van der Waals surface area contributed by atoms with E-state index in [2.05, 4.69) is 15.5 Å². The smallest absolute Gasteiger partial charge is 0.246 e. The van der Waals surface area contributed by atoms with Gasteiger partial charge in [-0.15, -0.1) is 0 Å². The second kappa shape index (κ2) is 9.05. The minimum absolute atomic E-state index is 0.101. The molecule has 4 rings (SSSR count). The van der Waals surface area contributed by atoms with Gasteiger partial charge in [-0.3, -0.25) is 4.79 Å². The molecule has 0 saturated carbocycles. The highest BCUT2D eigenvalue weighted by Crippen LogP contribution is 2.32. The number of anilines is 3. The molecule has 2 aromatic carbocycles. The number of carbonyl (C=O) groups is 1. The number of benzene rings is 2. The van der Waals surface area contributed by atoms with Gasteiger partial charge in [-0.2, -0.15) is 0 Å². The van der Waals surface area contributed by atoms with Crippen LogP contribution in [0.5, 0.6) is 11.5 Å². The van der Waals surface area contributed by atoms with Crippen molar-refractivity contribution in [2.24, 2.45) is 0 Å². The molecule has 2 aliphatic rings. The molecule has 1 fully saturated rings. The van der Waals surface area contributed by atoms with Crippen LogP contribution in [0, 0.1) is 0 Å². The number of hydrogen-bond donors (Lipinski definition) is 2. The molecule has 7 heteroatoms. The van der Waals surface area contributed by atoms with E-state index in [1.807, 2.05) is 49.4 Å². The number of hydrogen-bond acceptors (Lipinski definition) is 6. The van der Waals surface area contributed by atoms with Gasteiger partial charge in [0.15, 0.2) is 11.5 Å². The van der Waals surface area contributed by atoms with Crippen molar-refractivity contribution in [1.29, 1.82) is 0 Å². The Hall–Kier alpha value is -2.93. The van der Waals surface area contributed by atoms with Gasteiger partial charge in [-0.25, -0.2) is 0 Å². The molecule has 1 atom stereocenters. The first-order valence-electron chi connectivity index (χ1n) is 10.1. The van der Waals surface area contributed by atoms with Crippen molar-refractivity contribution in [2.75, 3.05) is 55.1 Å². The zero-order valence-corrected chi connectivity index (χ0v) is 16.6. The normalized spacial score (nSPS) is 17.2. The molecule has 2 aliphatic heterocycles. The quantitative estimate of drug-likeness (QED) is 0.808. The van der Waals surface area contributed by atoms with Crippen molar-refractivity contribution >= 4 is 23.0 Å². The molecule has 1 saturated heterocycles. The van der Waals surface area contributed by atoms with Crippen LogP contribution in [0.1, 0.15) is 13.3 Å². The molecule has 2 N–H and O–H groups in total. The number of nitrogens with zero attached hydrogens (tertiary/aromatic N) is 1. The summed E-state index contributed by atoms with van der Waals surface area (Å²) < 4.78 is 16.7. The fraction of sp³-hybridized carbons (Fsp3) is 0.409. The molecule has 0 unspecified atom stereocenters. The van der Waals surface area contributed by atoms with Gasteiger partial charge in [0.2, 0.25) is 5.91 Å². The Morgan fingerprint density at radius 2 is 1.62 bits per heavy atom. The summed E-state index contributed by atoms with van der Waals surface area (Å²) in [6.45, 7) is 6.41. The Balaban J connectivity index is 1.34. The topological polar surface area (TPSA) is 72.1 Å². The first-order valence-corrected chi connectivity index (χ1v) is 10.1. The third kappa shape index (κ3) is 4.92. The van der Waals surface area contributed by atoms with Crippen LogP contribution in [0.3, 0.4) is 0 Å². The highest BCUT2D eigenvalue weighted by Gasteiger charge is 2.16. The highest BCUT2D eigenvalue weighted by molar-refractivity contribution is 5.96. The van der Waals surface area contributed by atoms with Crippen LogP contribution in [0.15, 0.2) is 42.5 Å². The summed E-state index contributed by atoms with van der Waals surface area (Å²) in [4.78, 5) is 14.9. The first-order chi connectivity index (χ1) is 14.2. The van der Waals surface area contributed by atoms with Gasteiger partial charge in [-0.1, -0.05) is 0 Å². The number of rotatable bonds is 5. The third-order valence-electron chi connectivity index (χ3n) is 5.04. The number of amides is 1. The molecular weight excluding hydrogens is 370 g/mol. The Bertz CT molecular complexity index is 834. The van der Waals surface area contributed by atoms with Crippen LogP contribution >= 0.6 is 0 Å². The lowest BCUT2D eigenvalue weighted by Gasteiger charge is -2.29. The van der Waals surface area contributed by atoms with E-state index in [4.69, 9.17) is 14.2 Å². The molecular formula is C22H27N3O4. The summed E-state index contributed by atoms with van der Waals surface area (Å²) in [6, 6.07) is 13.2. The fourth-order valence-corrected chi connectivity index (χ4v) is 3.40. The number of fused-ring (bicyclic) bond motifs is 1. The SMILES string of the molecule is C[C@@H](Nc1ccc2c(c1)OCCCO2)C(=O)Nc1ccc(N2CCOCC2)cc1. The second-order valence-corrected chi connectivity index (χ2v) is 7.21. The molecule has 29 heavy (non-hydrogen) atoms. The molecule has 2 heterocycles. The molecule has 1 amide bonds. The monoisotopic (exact) mass is 397 g/mol. The van der Waals surface area contributed by atoms with Crippen LogP contribution in [-0.2, 0) is 9.53 Å². The van der Waals surface area contributed by atoms with E-state index in [0.717, 1.165) is 55.5 Å². The molecule has 0 bridgehead atoms. The largest absolute Gasteiger partial charge is 0.490 e. The van der Waals surface area contributed by atoms with Gasteiger partial charge in [0.1, 0.15) is 6.04 Å². The van der Waals surface area contributed by atoms with E-state index < -0.39 is 6.04 Å². The lowest BCUT2D eigenvalue weighted by Crippen LogP contribution is -2.36. The maximum absolute atomic E-state index is 12.6. The van der Waals surface area contributed by atoms with Gasteiger partial charge in [-0.05, 0) is 43.3 Å². The highest BCUT2D eigenvalue weighted by atomic mass is 16.5. The number of morpholine rings is 1. The van der Waals surface area contributed by atoms with Crippen molar-refractivity contribution in [3.63, 3.8) is 0 Å². The summed E-state index contributed by atoms with van der Waals surface area (Å²) in [6.07, 6.45) is 0.862. The summed E-state index contributed by atoms with van der Waals surface area (Å²) in [5, 5.41) is 6.19. The van der Waals surface area contributed by atoms with E-state index in [1.54, 1.807) is 0 Å². The van der Waals surface area contributed by atoms with Crippen molar-refractivity contribution in [2.45, 2.75) is 19.4 Å². The average Bonchev–Trinajstić information content (AvgIpc) is 3.00. The molecule has 2 aromatic rings. The van der Waals surface area contributed by atoms with Gasteiger partial charge in [0.05, 0.1) is 26.4 Å². The predicted molar refractivity (Wildman–Crippen MR) is 113 cm³/mol. The number of ether oxygens (including phenoxy) is 3. The molecule has 0 aromatic heterocycles. The zero-order chi connectivity index (χ0) is 20.1. The second-order valence-electron chi connectivity index (χ2n) is 7.21.